The van der Waals surface area contributed by atoms with Gasteiger partial charge in [0.2, 0.25) is 0 Å². The molecule has 2 unspecified atom stereocenters. The lowest BCUT2D eigenvalue weighted by Crippen LogP contribution is -2.36. The average Bonchev–Trinajstić information content (AvgIpc) is 2.80. The van der Waals surface area contributed by atoms with E-state index in [2.05, 4.69) is 97.1 Å². The fourth-order valence-electron chi connectivity index (χ4n) is 4.30. The van der Waals surface area contributed by atoms with Gasteiger partial charge in [-0.2, -0.15) is 0 Å². The number of rotatable bonds is 12. The van der Waals surface area contributed by atoms with E-state index in [9.17, 15) is 0 Å². The normalized spacial score (nSPS) is 13.6. The molecule has 2 aromatic rings. The first-order valence-corrected chi connectivity index (χ1v) is 13.5. The highest BCUT2D eigenvalue weighted by molar-refractivity contribution is 7.48. The molecule has 3 nitrogen and oxygen atoms in total. The van der Waals surface area contributed by atoms with E-state index in [-0.39, 0.29) is 17.5 Å². The Balaban J connectivity index is 2.58. The second-order valence-electron chi connectivity index (χ2n) is 10.3. The first-order chi connectivity index (χ1) is 15.6. The maximum absolute atomic E-state index is 6.30. The molecule has 0 aliphatic rings. The number of hydrogen-bond acceptors (Lipinski definition) is 3. The molecular formula is C29H46NO2P. The molecule has 0 saturated carbocycles. The Labute approximate surface area is 204 Å². The molecule has 184 valence electrons. The standard InChI is InChI=1S/C29H46NO2P/c1-10-22(5)24-14-13-15-25(27(24)32-20-31-9)29(11-2,12-3)33-26-17-16-21(4)18-23(26)19-30-28(6,7)8/h13-18,22,30,33H,10-12,19-20H2,1-9H3. The summed E-state index contributed by atoms with van der Waals surface area (Å²) in [6.07, 6.45) is 3.21. The molecule has 2 rings (SSSR count). The molecule has 0 radical (unpaired) electrons. The zero-order valence-electron chi connectivity index (χ0n) is 22.4. The highest BCUT2D eigenvalue weighted by atomic mass is 31.1. The van der Waals surface area contributed by atoms with Crippen LogP contribution in [0.4, 0.5) is 0 Å². The van der Waals surface area contributed by atoms with Crippen molar-refractivity contribution in [2.24, 2.45) is 0 Å². The summed E-state index contributed by atoms with van der Waals surface area (Å²) in [5, 5.41) is 5.18. The fraction of sp³-hybridized carbons (Fsp3) is 0.586. The van der Waals surface area contributed by atoms with Crippen LogP contribution in [0.2, 0.25) is 0 Å². The highest BCUT2D eigenvalue weighted by Crippen LogP contribution is 2.52. The van der Waals surface area contributed by atoms with Gasteiger partial charge < -0.3 is 14.8 Å². The van der Waals surface area contributed by atoms with E-state index >= 15 is 0 Å². The lowest BCUT2D eigenvalue weighted by molar-refractivity contribution is 0.0490. The second-order valence-corrected chi connectivity index (χ2v) is 12.0. The van der Waals surface area contributed by atoms with Crippen molar-refractivity contribution >= 4 is 13.9 Å². The second kappa shape index (κ2) is 12.3. The maximum Gasteiger partial charge on any atom is 0.188 e. The Kier molecular flexibility index (Phi) is 10.4. The molecule has 0 aromatic heterocycles. The third kappa shape index (κ3) is 7.28. The van der Waals surface area contributed by atoms with Crippen molar-refractivity contribution in [1.29, 1.82) is 0 Å². The van der Waals surface area contributed by atoms with Crippen LogP contribution in [0.25, 0.3) is 0 Å². The minimum absolute atomic E-state index is 0.0261. The Hall–Kier alpha value is -1.41. The highest BCUT2D eigenvalue weighted by Gasteiger charge is 2.34. The zero-order valence-corrected chi connectivity index (χ0v) is 23.4. The van der Waals surface area contributed by atoms with E-state index in [1.165, 1.54) is 27.6 Å². The number of nitrogens with one attached hydrogen (secondary N) is 1. The molecule has 2 aromatic carbocycles. The smallest absolute Gasteiger partial charge is 0.188 e. The Bertz CT molecular complexity index is 884. The predicted octanol–water partition coefficient (Wildman–Crippen LogP) is 7.40. The third-order valence-corrected chi connectivity index (χ3v) is 8.89. The summed E-state index contributed by atoms with van der Waals surface area (Å²) in [5.74, 6) is 1.48. The summed E-state index contributed by atoms with van der Waals surface area (Å²) >= 11 is 0. The van der Waals surface area contributed by atoms with Crippen molar-refractivity contribution in [3.05, 3.63) is 58.7 Å². The van der Waals surface area contributed by atoms with E-state index in [4.69, 9.17) is 9.47 Å². The summed E-state index contributed by atoms with van der Waals surface area (Å²) in [6, 6.07) is 13.7. The van der Waals surface area contributed by atoms with Crippen LogP contribution < -0.4 is 15.4 Å². The number of ether oxygens (including phenoxy) is 2. The molecule has 0 heterocycles. The first kappa shape index (κ1) is 27.8. The van der Waals surface area contributed by atoms with Crippen LogP contribution in [-0.4, -0.2) is 19.4 Å². The number of hydrogen-bond donors (Lipinski definition) is 1. The van der Waals surface area contributed by atoms with Gasteiger partial charge in [0.1, 0.15) is 5.75 Å². The van der Waals surface area contributed by atoms with Crippen molar-refractivity contribution in [1.82, 2.24) is 5.32 Å². The van der Waals surface area contributed by atoms with Gasteiger partial charge in [-0.05, 0) is 69.3 Å². The minimum Gasteiger partial charge on any atom is -0.467 e. The monoisotopic (exact) mass is 471 g/mol. The third-order valence-electron chi connectivity index (χ3n) is 6.68. The fourth-order valence-corrected chi connectivity index (χ4v) is 5.99. The van der Waals surface area contributed by atoms with Gasteiger partial charge in [-0.15, -0.1) is 0 Å². The van der Waals surface area contributed by atoms with E-state index in [0.29, 0.717) is 14.5 Å². The molecule has 0 aliphatic carbocycles. The molecule has 33 heavy (non-hydrogen) atoms. The van der Waals surface area contributed by atoms with Gasteiger partial charge in [-0.3, -0.25) is 0 Å². The Morgan fingerprint density at radius 2 is 1.73 bits per heavy atom. The zero-order chi connectivity index (χ0) is 24.6. The first-order valence-electron chi connectivity index (χ1n) is 12.5. The van der Waals surface area contributed by atoms with Gasteiger partial charge in [-0.25, -0.2) is 0 Å². The van der Waals surface area contributed by atoms with Gasteiger partial charge in [0.25, 0.3) is 0 Å². The SMILES string of the molecule is CCC(C)c1cccc(C(CC)(CC)Pc2ccc(C)cc2CNC(C)(C)C)c1OCOC. The van der Waals surface area contributed by atoms with Crippen molar-refractivity contribution in [3.8, 4) is 5.75 Å². The van der Waals surface area contributed by atoms with Crippen molar-refractivity contribution in [3.63, 3.8) is 0 Å². The minimum atomic E-state index is 0.0261. The summed E-state index contributed by atoms with van der Waals surface area (Å²) < 4.78 is 11.6. The van der Waals surface area contributed by atoms with Gasteiger partial charge in [0.05, 0.1) is 0 Å². The van der Waals surface area contributed by atoms with E-state index in [1.807, 2.05) is 0 Å². The molecule has 0 spiro atoms. The van der Waals surface area contributed by atoms with Crippen LogP contribution in [0, 0.1) is 6.92 Å². The van der Waals surface area contributed by atoms with Crippen molar-refractivity contribution in [2.75, 3.05) is 13.9 Å². The molecule has 4 heteroatoms. The van der Waals surface area contributed by atoms with E-state index < -0.39 is 0 Å². The molecule has 0 fully saturated rings. The maximum atomic E-state index is 6.30. The summed E-state index contributed by atoms with van der Waals surface area (Å²) in [4.78, 5) is 0. The Morgan fingerprint density at radius 1 is 1.03 bits per heavy atom. The lowest BCUT2D eigenvalue weighted by Gasteiger charge is -2.36. The largest absolute Gasteiger partial charge is 0.467 e. The molecule has 0 amide bonds. The van der Waals surface area contributed by atoms with Crippen LogP contribution in [0.5, 0.6) is 5.75 Å². The van der Waals surface area contributed by atoms with Crippen molar-refractivity contribution in [2.45, 2.75) is 97.8 Å². The summed E-state index contributed by atoms with van der Waals surface area (Å²) in [7, 11) is 2.36. The van der Waals surface area contributed by atoms with Crippen molar-refractivity contribution < 1.29 is 9.47 Å². The summed E-state index contributed by atoms with van der Waals surface area (Å²) in [6.45, 7) is 19.2. The lowest BCUT2D eigenvalue weighted by atomic mass is 9.87. The Morgan fingerprint density at radius 3 is 2.30 bits per heavy atom. The van der Waals surface area contributed by atoms with Crippen LogP contribution in [0.3, 0.4) is 0 Å². The number of aryl methyl sites for hydroxylation is 1. The quantitative estimate of drug-likeness (QED) is 0.258. The molecule has 1 N–H and O–H groups in total. The average molecular weight is 472 g/mol. The topological polar surface area (TPSA) is 30.5 Å². The van der Waals surface area contributed by atoms with E-state index in [1.54, 1.807) is 7.11 Å². The number of para-hydroxylation sites is 1. The van der Waals surface area contributed by atoms with E-state index in [0.717, 1.165) is 31.6 Å². The van der Waals surface area contributed by atoms with Gasteiger partial charge in [0.15, 0.2) is 6.79 Å². The van der Waals surface area contributed by atoms with Crippen LogP contribution in [0.1, 0.15) is 95.9 Å². The summed E-state index contributed by atoms with van der Waals surface area (Å²) in [5.41, 5.74) is 5.43. The van der Waals surface area contributed by atoms with Crippen LogP contribution in [0.15, 0.2) is 36.4 Å². The van der Waals surface area contributed by atoms with Gasteiger partial charge in [0, 0.05) is 29.9 Å². The molecule has 0 bridgehead atoms. The molecule has 2 atom stereocenters. The predicted molar refractivity (Wildman–Crippen MR) is 146 cm³/mol. The molecular weight excluding hydrogens is 425 g/mol. The molecule has 0 saturated heterocycles. The van der Waals surface area contributed by atoms with Gasteiger partial charge >= 0.3 is 0 Å². The van der Waals surface area contributed by atoms with Gasteiger partial charge in [-0.1, -0.05) is 78.2 Å². The van der Waals surface area contributed by atoms with Crippen LogP contribution >= 0.6 is 8.58 Å². The number of methoxy groups -OCH3 is 1. The molecule has 0 aliphatic heterocycles. The number of benzene rings is 2. The van der Waals surface area contributed by atoms with Crippen LogP contribution in [-0.2, 0) is 16.4 Å².